The van der Waals surface area contributed by atoms with Gasteiger partial charge in [0, 0.05) is 6.42 Å². The quantitative estimate of drug-likeness (QED) is 0.308. The van der Waals surface area contributed by atoms with Crippen molar-refractivity contribution in [1.29, 1.82) is 0 Å². The summed E-state index contributed by atoms with van der Waals surface area (Å²) >= 11 is 0. The molecular weight excluding hydrogens is 265 g/mol. The van der Waals surface area contributed by atoms with Gasteiger partial charge in [-0.15, -0.1) is 0 Å². The van der Waals surface area contributed by atoms with Crippen molar-refractivity contribution in [2.45, 2.75) is 96.8 Å². The third-order valence-corrected chi connectivity index (χ3v) is 3.68. The van der Waals surface area contributed by atoms with Gasteiger partial charge in [-0.1, -0.05) is 70.4 Å². The number of carbonyl (C=O) groups is 1. The molecule has 126 valence electrons. The lowest BCUT2D eigenvalue weighted by molar-refractivity contribution is -0.118. The van der Waals surface area contributed by atoms with Crippen molar-refractivity contribution in [2.75, 3.05) is 0 Å². The first-order valence-corrected chi connectivity index (χ1v) is 8.70. The Hall–Kier alpha value is -0.860. The highest BCUT2D eigenvalue weighted by atomic mass is 19.0. The zero-order valence-electron chi connectivity index (χ0n) is 13.9. The van der Waals surface area contributed by atoms with Gasteiger partial charge in [-0.05, 0) is 32.1 Å². The number of allylic oxidation sites excluding steroid dienone is 2. The second-order valence-electron chi connectivity index (χ2n) is 5.80. The summed E-state index contributed by atoms with van der Waals surface area (Å²) < 4.78 is 0. The lowest BCUT2D eigenvalue weighted by atomic mass is 10.1. The fourth-order valence-electron chi connectivity index (χ4n) is 2.37. The van der Waals surface area contributed by atoms with Gasteiger partial charge in [0.05, 0.1) is 0 Å². The Labute approximate surface area is 130 Å². The first-order chi connectivity index (χ1) is 9.77. The second-order valence-corrected chi connectivity index (χ2v) is 5.80. The molecule has 0 aliphatic carbocycles. The molecule has 0 aliphatic heterocycles. The molecule has 0 saturated heterocycles. The van der Waals surface area contributed by atoms with E-state index in [0.29, 0.717) is 6.42 Å². The number of carbonyl (C=O) groups excluding carboxylic acids is 1. The number of rotatable bonds is 15. The van der Waals surface area contributed by atoms with E-state index < -0.39 is 0 Å². The Kier molecular flexibility index (Phi) is 20.4. The largest absolute Gasteiger partial charge is 0.370 e. The fourth-order valence-corrected chi connectivity index (χ4v) is 2.37. The van der Waals surface area contributed by atoms with E-state index in [0.717, 1.165) is 12.8 Å². The molecule has 0 aromatic rings. The van der Waals surface area contributed by atoms with E-state index in [2.05, 4.69) is 19.1 Å². The minimum absolute atomic E-state index is 0. The first kappa shape index (κ1) is 22.4. The van der Waals surface area contributed by atoms with Gasteiger partial charge in [-0.3, -0.25) is 9.50 Å². The molecule has 0 unspecified atom stereocenters. The third kappa shape index (κ3) is 21.6. The predicted octanol–water partition coefficient (Wildman–Crippen LogP) is 5.66. The van der Waals surface area contributed by atoms with Gasteiger partial charge in [-0.2, -0.15) is 0 Å². The maximum absolute atomic E-state index is 10.5. The molecule has 0 spiro atoms. The second kappa shape index (κ2) is 19.1. The van der Waals surface area contributed by atoms with E-state index in [1.165, 1.54) is 70.6 Å². The summed E-state index contributed by atoms with van der Waals surface area (Å²) in [6, 6.07) is 0. The molecular formula is C18H36FNO. The zero-order chi connectivity index (χ0) is 14.9. The standard InChI is InChI=1S/C18H35NO.FH/c1-2-3-4-5-6-7-8-9-10-11-12-13-14-15-16-17-18(19)20;/h9-10H,2-8,11-17H2,1H3,(H2,19,20);1H/b10-9-;. The first-order valence-electron chi connectivity index (χ1n) is 8.70. The molecule has 0 radical (unpaired) electrons. The van der Waals surface area contributed by atoms with Crippen LogP contribution in [0, 0.1) is 0 Å². The summed E-state index contributed by atoms with van der Waals surface area (Å²) in [4.78, 5) is 10.5. The van der Waals surface area contributed by atoms with E-state index in [1.54, 1.807) is 0 Å². The van der Waals surface area contributed by atoms with E-state index in [-0.39, 0.29) is 10.6 Å². The topological polar surface area (TPSA) is 43.1 Å². The zero-order valence-corrected chi connectivity index (χ0v) is 13.9. The van der Waals surface area contributed by atoms with Gasteiger partial charge in [0.15, 0.2) is 0 Å². The summed E-state index contributed by atoms with van der Waals surface area (Å²) in [5, 5.41) is 0. The number of unbranched alkanes of at least 4 members (excludes halogenated alkanes) is 11. The summed E-state index contributed by atoms with van der Waals surface area (Å²) in [7, 11) is 0. The fraction of sp³-hybridized carbons (Fsp3) is 0.833. The number of nitrogens with two attached hydrogens (primary N) is 1. The smallest absolute Gasteiger partial charge is 0.217 e. The number of primary amides is 1. The van der Waals surface area contributed by atoms with Crippen molar-refractivity contribution in [2.24, 2.45) is 5.73 Å². The van der Waals surface area contributed by atoms with Crippen molar-refractivity contribution in [3.63, 3.8) is 0 Å². The van der Waals surface area contributed by atoms with Crippen LogP contribution in [0.2, 0.25) is 0 Å². The van der Waals surface area contributed by atoms with Crippen LogP contribution in [0.4, 0.5) is 4.70 Å². The van der Waals surface area contributed by atoms with Crippen molar-refractivity contribution in [3.8, 4) is 0 Å². The van der Waals surface area contributed by atoms with Crippen molar-refractivity contribution < 1.29 is 9.50 Å². The van der Waals surface area contributed by atoms with Gasteiger partial charge in [0.2, 0.25) is 5.91 Å². The Balaban J connectivity index is 0. The number of hydrogen-bond donors (Lipinski definition) is 1. The minimum Gasteiger partial charge on any atom is -0.370 e. The number of amides is 1. The molecule has 0 atom stereocenters. The monoisotopic (exact) mass is 301 g/mol. The van der Waals surface area contributed by atoms with E-state index >= 15 is 0 Å². The highest BCUT2D eigenvalue weighted by Gasteiger charge is 1.94. The van der Waals surface area contributed by atoms with Crippen LogP contribution < -0.4 is 5.73 Å². The van der Waals surface area contributed by atoms with Gasteiger partial charge >= 0.3 is 0 Å². The highest BCUT2D eigenvalue weighted by molar-refractivity contribution is 5.73. The van der Waals surface area contributed by atoms with E-state index in [1.807, 2.05) is 0 Å². The number of halogens is 1. The van der Waals surface area contributed by atoms with Crippen LogP contribution in [0.25, 0.3) is 0 Å². The molecule has 2 N–H and O–H groups in total. The molecule has 3 heteroatoms. The van der Waals surface area contributed by atoms with Gasteiger partial charge in [0.25, 0.3) is 0 Å². The van der Waals surface area contributed by atoms with Crippen molar-refractivity contribution in [1.82, 2.24) is 0 Å². The maximum Gasteiger partial charge on any atom is 0.217 e. The van der Waals surface area contributed by atoms with Crippen LogP contribution in [0.15, 0.2) is 12.2 Å². The molecule has 1 amide bonds. The number of hydrogen-bond acceptors (Lipinski definition) is 1. The minimum atomic E-state index is -0.164. The average Bonchev–Trinajstić information content (AvgIpc) is 2.43. The molecule has 21 heavy (non-hydrogen) atoms. The predicted molar refractivity (Wildman–Crippen MR) is 91.1 cm³/mol. The van der Waals surface area contributed by atoms with Gasteiger partial charge < -0.3 is 5.73 Å². The lowest BCUT2D eigenvalue weighted by Crippen LogP contribution is -2.09. The highest BCUT2D eigenvalue weighted by Crippen LogP contribution is 2.09. The summed E-state index contributed by atoms with van der Waals surface area (Å²) in [5.41, 5.74) is 5.10. The van der Waals surface area contributed by atoms with E-state index in [9.17, 15) is 4.79 Å². The van der Waals surface area contributed by atoms with Gasteiger partial charge in [0.1, 0.15) is 0 Å². The Morgan fingerprint density at radius 1 is 0.762 bits per heavy atom. The average molecular weight is 301 g/mol. The van der Waals surface area contributed by atoms with E-state index in [4.69, 9.17) is 5.73 Å². The van der Waals surface area contributed by atoms with Gasteiger partial charge in [-0.25, -0.2) is 0 Å². The normalized spacial score (nSPS) is 10.7. The van der Waals surface area contributed by atoms with Crippen LogP contribution >= 0.6 is 0 Å². The summed E-state index contributed by atoms with van der Waals surface area (Å²) in [6.45, 7) is 2.26. The molecule has 0 fully saturated rings. The van der Waals surface area contributed by atoms with Crippen molar-refractivity contribution >= 4 is 5.91 Å². The van der Waals surface area contributed by atoms with Crippen LogP contribution in [0.3, 0.4) is 0 Å². The molecule has 2 nitrogen and oxygen atoms in total. The Morgan fingerprint density at radius 3 is 1.67 bits per heavy atom. The third-order valence-electron chi connectivity index (χ3n) is 3.68. The molecule has 0 aromatic carbocycles. The Bertz CT molecular complexity index is 241. The molecule has 0 rings (SSSR count). The van der Waals surface area contributed by atoms with Crippen LogP contribution in [0.1, 0.15) is 96.8 Å². The molecule has 0 saturated carbocycles. The maximum atomic E-state index is 10.5. The summed E-state index contributed by atoms with van der Waals surface area (Å²) in [5.74, 6) is -0.164. The Morgan fingerprint density at radius 2 is 1.19 bits per heavy atom. The SMILES string of the molecule is CCCCCCCC/C=C\CCCCCCCC(N)=O.F. The van der Waals surface area contributed by atoms with Crippen LogP contribution in [0.5, 0.6) is 0 Å². The summed E-state index contributed by atoms with van der Waals surface area (Å²) in [6.07, 6.45) is 21.9. The molecule has 0 aromatic heterocycles. The lowest BCUT2D eigenvalue weighted by Gasteiger charge is -1.99. The van der Waals surface area contributed by atoms with Crippen molar-refractivity contribution in [3.05, 3.63) is 12.2 Å². The molecule has 0 aliphatic rings. The van der Waals surface area contributed by atoms with Crippen LogP contribution in [-0.2, 0) is 4.79 Å². The molecule has 0 bridgehead atoms. The van der Waals surface area contributed by atoms with Crippen LogP contribution in [-0.4, -0.2) is 5.91 Å². The molecule has 0 heterocycles.